The number of benzene rings is 1. The van der Waals surface area contributed by atoms with E-state index in [0.717, 1.165) is 12.3 Å². The second-order valence-corrected chi connectivity index (χ2v) is 7.96. The number of sulfone groups is 1. The van der Waals surface area contributed by atoms with Gasteiger partial charge in [0.05, 0.1) is 5.75 Å². The van der Waals surface area contributed by atoms with Gasteiger partial charge < -0.3 is 10.6 Å². The molecular formula is C14H24IN3O2S2. The van der Waals surface area contributed by atoms with E-state index in [4.69, 9.17) is 0 Å². The van der Waals surface area contributed by atoms with Crippen LogP contribution in [0.1, 0.15) is 6.92 Å². The molecule has 1 aromatic carbocycles. The fourth-order valence-corrected chi connectivity index (χ4v) is 3.04. The molecule has 0 aliphatic heterocycles. The van der Waals surface area contributed by atoms with Crippen LogP contribution in [0.2, 0.25) is 0 Å². The Morgan fingerprint density at radius 2 is 1.82 bits per heavy atom. The molecule has 0 aromatic heterocycles. The number of rotatable bonds is 8. The summed E-state index contributed by atoms with van der Waals surface area (Å²) in [6.45, 7) is 2.80. The molecule has 8 heteroatoms. The Kier molecular flexibility index (Phi) is 11.7. The summed E-state index contributed by atoms with van der Waals surface area (Å²) in [6, 6.07) is 10.2. The van der Waals surface area contributed by atoms with Gasteiger partial charge in [-0.1, -0.05) is 25.1 Å². The molecule has 1 aromatic rings. The Labute approximate surface area is 154 Å². The number of guanidine groups is 1. The number of thioether (sulfide) groups is 1. The standard InChI is InChI=1S/C14H23N3O2S2.HI/c1-3-21(18,19)12-10-17-14(15-2)16-9-11-20-13-7-5-4-6-8-13;/h4-8H,3,9-12H2,1-2H3,(H2,15,16,17);1H. The Morgan fingerprint density at radius 3 is 2.41 bits per heavy atom. The van der Waals surface area contributed by atoms with Crippen molar-refractivity contribution in [3.63, 3.8) is 0 Å². The largest absolute Gasteiger partial charge is 0.356 e. The predicted octanol–water partition coefficient (Wildman–Crippen LogP) is 2.00. The lowest BCUT2D eigenvalue weighted by atomic mass is 10.4. The van der Waals surface area contributed by atoms with Gasteiger partial charge in [-0.2, -0.15) is 0 Å². The van der Waals surface area contributed by atoms with Gasteiger partial charge in [0.2, 0.25) is 0 Å². The topological polar surface area (TPSA) is 70.6 Å². The van der Waals surface area contributed by atoms with Crippen LogP contribution in [0.3, 0.4) is 0 Å². The first kappa shape index (κ1) is 21.5. The van der Waals surface area contributed by atoms with Crippen LogP contribution in [0.15, 0.2) is 40.2 Å². The van der Waals surface area contributed by atoms with Crippen LogP contribution in [0, 0.1) is 0 Å². The highest BCUT2D eigenvalue weighted by Crippen LogP contribution is 2.15. The van der Waals surface area contributed by atoms with E-state index in [1.807, 2.05) is 18.2 Å². The number of nitrogens with one attached hydrogen (secondary N) is 2. The molecule has 0 fully saturated rings. The van der Waals surface area contributed by atoms with Crippen LogP contribution in [0.25, 0.3) is 0 Å². The molecule has 0 aliphatic rings. The minimum Gasteiger partial charge on any atom is -0.356 e. The molecule has 126 valence electrons. The van der Waals surface area contributed by atoms with Crippen LogP contribution in [-0.2, 0) is 9.84 Å². The van der Waals surface area contributed by atoms with Gasteiger partial charge in [-0.15, -0.1) is 35.7 Å². The molecule has 0 atom stereocenters. The van der Waals surface area contributed by atoms with Crippen molar-refractivity contribution >= 4 is 51.5 Å². The third-order valence-corrected chi connectivity index (χ3v) is 5.49. The summed E-state index contributed by atoms with van der Waals surface area (Å²) >= 11 is 1.76. The van der Waals surface area contributed by atoms with Gasteiger partial charge >= 0.3 is 0 Å². The molecule has 2 N–H and O–H groups in total. The molecule has 0 aliphatic carbocycles. The van der Waals surface area contributed by atoms with Crippen LogP contribution in [-0.4, -0.2) is 51.8 Å². The molecule has 0 heterocycles. The summed E-state index contributed by atoms with van der Waals surface area (Å²) in [5.41, 5.74) is 0. The number of aliphatic imine (C=N–C) groups is 1. The summed E-state index contributed by atoms with van der Waals surface area (Å²) in [7, 11) is -1.26. The van der Waals surface area contributed by atoms with E-state index in [-0.39, 0.29) is 35.5 Å². The third kappa shape index (κ3) is 9.52. The second-order valence-electron chi connectivity index (χ2n) is 4.32. The zero-order chi connectivity index (χ0) is 15.6. The van der Waals surface area contributed by atoms with Gasteiger partial charge in [0.25, 0.3) is 0 Å². The van der Waals surface area contributed by atoms with E-state index in [1.54, 1.807) is 25.7 Å². The average Bonchev–Trinajstić information content (AvgIpc) is 2.50. The average molecular weight is 457 g/mol. The first-order chi connectivity index (χ1) is 10.1. The first-order valence-electron chi connectivity index (χ1n) is 6.90. The third-order valence-electron chi connectivity index (χ3n) is 2.78. The number of nitrogens with zero attached hydrogens (tertiary/aromatic N) is 1. The first-order valence-corrected chi connectivity index (χ1v) is 9.71. The van der Waals surface area contributed by atoms with Crippen molar-refractivity contribution in [1.82, 2.24) is 10.6 Å². The predicted molar refractivity (Wildman–Crippen MR) is 106 cm³/mol. The SMILES string of the molecule is CCS(=O)(=O)CCNC(=NC)NCCSc1ccccc1.I. The minimum absolute atomic E-state index is 0. The summed E-state index contributed by atoms with van der Waals surface area (Å²) in [5.74, 6) is 1.85. The smallest absolute Gasteiger partial charge is 0.191 e. The molecule has 1 rings (SSSR count). The molecule has 0 unspecified atom stereocenters. The lowest BCUT2D eigenvalue weighted by molar-refractivity contribution is 0.596. The maximum atomic E-state index is 11.4. The molecule has 0 amide bonds. The fourth-order valence-electron chi connectivity index (χ4n) is 1.54. The highest BCUT2D eigenvalue weighted by molar-refractivity contribution is 14.0. The van der Waals surface area contributed by atoms with E-state index in [9.17, 15) is 8.42 Å². The van der Waals surface area contributed by atoms with Gasteiger partial charge in [0.1, 0.15) is 0 Å². The normalized spacial score (nSPS) is 11.6. The Balaban J connectivity index is 0.00000441. The molecular weight excluding hydrogens is 433 g/mol. The van der Waals surface area contributed by atoms with Crippen molar-refractivity contribution in [3.05, 3.63) is 30.3 Å². The molecule has 0 spiro atoms. The summed E-state index contributed by atoms with van der Waals surface area (Å²) in [6.07, 6.45) is 0. The highest BCUT2D eigenvalue weighted by Gasteiger charge is 2.07. The Hall–Kier alpha value is -0.480. The lowest BCUT2D eigenvalue weighted by Crippen LogP contribution is -2.40. The second kappa shape index (κ2) is 12.0. The highest BCUT2D eigenvalue weighted by atomic mass is 127. The van der Waals surface area contributed by atoms with Gasteiger partial charge in [0.15, 0.2) is 15.8 Å². The summed E-state index contributed by atoms with van der Waals surface area (Å²) in [4.78, 5) is 5.30. The molecule has 0 radical (unpaired) electrons. The monoisotopic (exact) mass is 457 g/mol. The molecule has 0 saturated carbocycles. The number of halogens is 1. The van der Waals surface area contributed by atoms with Crippen LogP contribution in [0.4, 0.5) is 0 Å². The van der Waals surface area contributed by atoms with Crippen LogP contribution in [0.5, 0.6) is 0 Å². The molecule has 0 bridgehead atoms. The summed E-state index contributed by atoms with van der Waals surface area (Å²) in [5, 5.41) is 6.18. The van der Waals surface area contributed by atoms with Crippen molar-refractivity contribution < 1.29 is 8.42 Å². The number of hydrogen-bond donors (Lipinski definition) is 2. The minimum atomic E-state index is -2.93. The summed E-state index contributed by atoms with van der Waals surface area (Å²) < 4.78 is 22.8. The van der Waals surface area contributed by atoms with E-state index in [0.29, 0.717) is 12.5 Å². The van der Waals surface area contributed by atoms with Crippen molar-refractivity contribution in [2.75, 3.05) is 37.4 Å². The Morgan fingerprint density at radius 1 is 1.18 bits per heavy atom. The van der Waals surface area contributed by atoms with E-state index >= 15 is 0 Å². The maximum Gasteiger partial charge on any atom is 0.191 e. The van der Waals surface area contributed by atoms with Crippen molar-refractivity contribution in [2.24, 2.45) is 4.99 Å². The van der Waals surface area contributed by atoms with E-state index in [1.165, 1.54) is 4.90 Å². The van der Waals surface area contributed by atoms with Gasteiger partial charge in [0, 0.05) is 36.5 Å². The zero-order valence-corrected chi connectivity index (χ0v) is 16.9. The van der Waals surface area contributed by atoms with Gasteiger partial charge in [-0.3, -0.25) is 4.99 Å². The Bertz CT molecular complexity index is 536. The quantitative estimate of drug-likeness (QED) is 0.206. The molecule has 5 nitrogen and oxygen atoms in total. The number of hydrogen-bond acceptors (Lipinski definition) is 4. The van der Waals surface area contributed by atoms with E-state index in [2.05, 4.69) is 27.8 Å². The zero-order valence-electron chi connectivity index (χ0n) is 12.9. The van der Waals surface area contributed by atoms with Crippen LogP contribution >= 0.6 is 35.7 Å². The van der Waals surface area contributed by atoms with Crippen molar-refractivity contribution in [2.45, 2.75) is 11.8 Å². The van der Waals surface area contributed by atoms with Gasteiger partial charge in [-0.25, -0.2) is 8.42 Å². The van der Waals surface area contributed by atoms with Gasteiger partial charge in [-0.05, 0) is 12.1 Å². The van der Waals surface area contributed by atoms with E-state index < -0.39 is 9.84 Å². The molecule has 22 heavy (non-hydrogen) atoms. The molecule has 0 saturated heterocycles. The lowest BCUT2D eigenvalue weighted by Gasteiger charge is -2.11. The van der Waals surface area contributed by atoms with Crippen LogP contribution < -0.4 is 10.6 Å². The fraction of sp³-hybridized carbons (Fsp3) is 0.500. The van der Waals surface area contributed by atoms with Crippen molar-refractivity contribution in [3.8, 4) is 0 Å². The maximum absolute atomic E-state index is 11.4. The van der Waals surface area contributed by atoms with Crippen molar-refractivity contribution in [1.29, 1.82) is 0 Å².